The standard InChI is InChI=1S/C15H19NO2/c1-15(2,3)8-9-18-11-14(17)13-6-4-12(10-16)5-7-13/h4-7H,8-9,11H2,1-3H3. The summed E-state index contributed by atoms with van der Waals surface area (Å²) in [4.78, 5) is 11.8. The van der Waals surface area contributed by atoms with E-state index in [9.17, 15) is 4.79 Å². The van der Waals surface area contributed by atoms with Crippen LogP contribution in [0.3, 0.4) is 0 Å². The van der Waals surface area contributed by atoms with Crippen LogP contribution in [0.4, 0.5) is 0 Å². The molecule has 0 spiro atoms. The van der Waals surface area contributed by atoms with Crippen LogP contribution in [0.1, 0.15) is 43.1 Å². The van der Waals surface area contributed by atoms with Crippen molar-refractivity contribution < 1.29 is 9.53 Å². The highest BCUT2D eigenvalue weighted by atomic mass is 16.5. The van der Waals surface area contributed by atoms with Crippen molar-refractivity contribution in [1.82, 2.24) is 0 Å². The number of hydrogen-bond donors (Lipinski definition) is 0. The Labute approximate surface area is 108 Å². The van der Waals surface area contributed by atoms with Crippen molar-refractivity contribution in [2.75, 3.05) is 13.2 Å². The maximum absolute atomic E-state index is 11.8. The first kappa shape index (κ1) is 14.4. The number of carbonyl (C=O) groups is 1. The van der Waals surface area contributed by atoms with Crippen molar-refractivity contribution in [2.24, 2.45) is 5.41 Å². The third-order valence-corrected chi connectivity index (χ3v) is 2.57. The predicted molar refractivity (Wildman–Crippen MR) is 70.4 cm³/mol. The zero-order valence-corrected chi connectivity index (χ0v) is 11.2. The molecule has 1 aromatic rings. The highest BCUT2D eigenvalue weighted by Gasteiger charge is 2.11. The van der Waals surface area contributed by atoms with Crippen molar-refractivity contribution in [3.63, 3.8) is 0 Å². The molecule has 0 aliphatic heterocycles. The van der Waals surface area contributed by atoms with E-state index in [0.717, 1.165) is 6.42 Å². The average Bonchev–Trinajstić information content (AvgIpc) is 2.33. The van der Waals surface area contributed by atoms with Crippen LogP contribution in [0.5, 0.6) is 0 Å². The topological polar surface area (TPSA) is 50.1 Å². The summed E-state index contributed by atoms with van der Waals surface area (Å²) in [5, 5.41) is 8.66. The molecular weight excluding hydrogens is 226 g/mol. The van der Waals surface area contributed by atoms with Crippen LogP contribution < -0.4 is 0 Å². The summed E-state index contributed by atoms with van der Waals surface area (Å²) in [6, 6.07) is 8.62. The normalized spacial score (nSPS) is 11.0. The molecule has 0 unspecified atom stereocenters. The average molecular weight is 245 g/mol. The molecule has 0 fully saturated rings. The molecule has 0 atom stereocenters. The second-order valence-corrected chi connectivity index (χ2v) is 5.48. The molecule has 0 bridgehead atoms. The van der Waals surface area contributed by atoms with Gasteiger partial charge in [0, 0.05) is 12.2 Å². The number of benzene rings is 1. The zero-order chi connectivity index (χ0) is 13.6. The SMILES string of the molecule is CC(C)(C)CCOCC(=O)c1ccc(C#N)cc1. The maximum atomic E-state index is 11.8. The molecule has 0 heterocycles. The van der Waals surface area contributed by atoms with Gasteiger partial charge in [0.15, 0.2) is 5.78 Å². The quantitative estimate of drug-likeness (QED) is 0.591. The van der Waals surface area contributed by atoms with Gasteiger partial charge in [-0.15, -0.1) is 0 Å². The van der Waals surface area contributed by atoms with Gasteiger partial charge in [-0.2, -0.15) is 5.26 Å². The van der Waals surface area contributed by atoms with Crippen molar-refractivity contribution in [3.8, 4) is 6.07 Å². The third-order valence-electron chi connectivity index (χ3n) is 2.57. The number of hydrogen-bond acceptors (Lipinski definition) is 3. The summed E-state index contributed by atoms with van der Waals surface area (Å²) in [7, 11) is 0. The smallest absolute Gasteiger partial charge is 0.188 e. The van der Waals surface area contributed by atoms with E-state index in [2.05, 4.69) is 20.8 Å². The second-order valence-electron chi connectivity index (χ2n) is 5.48. The molecule has 0 radical (unpaired) electrons. The van der Waals surface area contributed by atoms with Crippen LogP contribution in [-0.2, 0) is 4.74 Å². The van der Waals surface area contributed by atoms with Gasteiger partial charge in [0.05, 0.1) is 11.6 Å². The molecule has 1 aromatic carbocycles. The second kappa shape index (κ2) is 6.32. The Hall–Kier alpha value is -1.66. The Balaban J connectivity index is 2.39. The number of ketones is 1. The van der Waals surface area contributed by atoms with Crippen LogP contribution in [-0.4, -0.2) is 19.0 Å². The Morgan fingerprint density at radius 1 is 1.28 bits per heavy atom. The number of nitrogens with zero attached hydrogens (tertiary/aromatic N) is 1. The molecule has 0 aliphatic carbocycles. The van der Waals surface area contributed by atoms with Crippen LogP contribution in [0.2, 0.25) is 0 Å². The highest BCUT2D eigenvalue weighted by Crippen LogP contribution is 2.17. The van der Waals surface area contributed by atoms with E-state index < -0.39 is 0 Å². The molecular formula is C15H19NO2. The van der Waals surface area contributed by atoms with E-state index in [1.807, 2.05) is 6.07 Å². The van der Waals surface area contributed by atoms with Gasteiger partial charge in [0.1, 0.15) is 6.61 Å². The first-order valence-electron chi connectivity index (χ1n) is 6.03. The Morgan fingerprint density at radius 2 is 1.89 bits per heavy atom. The lowest BCUT2D eigenvalue weighted by Gasteiger charge is -2.17. The van der Waals surface area contributed by atoms with Gasteiger partial charge in [-0.05, 0) is 24.0 Å². The van der Waals surface area contributed by atoms with Crippen LogP contribution in [0.15, 0.2) is 24.3 Å². The Kier molecular flexibility index (Phi) is 5.06. The predicted octanol–water partition coefficient (Wildman–Crippen LogP) is 3.19. The fourth-order valence-electron chi connectivity index (χ4n) is 1.36. The van der Waals surface area contributed by atoms with Crippen LogP contribution in [0, 0.1) is 16.7 Å². The van der Waals surface area contributed by atoms with E-state index >= 15 is 0 Å². The van der Waals surface area contributed by atoms with Gasteiger partial charge < -0.3 is 4.74 Å². The van der Waals surface area contributed by atoms with Gasteiger partial charge >= 0.3 is 0 Å². The lowest BCUT2D eigenvalue weighted by molar-refractivity contribution is 0.0705. The van der Waals surface area contributed by atoms with Gasteiger partial charge in [-0.25, -0.2) is 0 Å². The zero-order valence-electron chi connectivity index (χ0n) is 11.2. The molecule has 96 valence electrons. The minimum Gasteiger partial charge on any atom is -0.373 e. The van der Waals surface area contributed by atoms with E-state index in [1.54, 1.807) is 24.3 Å². The summed E-state index contributed by atoms with van der Waals surface area (Å²) < 4.78 is 5.37. The third kappa shape index (κ3) is 5.11. The molecule has 1 rings (SSSR count). The first-order valence-corrected chi connectivity index (χ1v) is 6.03. The molecule has 0 aromatic heterocycles. The lowest BCUT2D eigenvalue weighted by Crippen LogP contribution is -2.14. The summed E-state index contributed by atoms with van der Waals surface area (Å²) >= 11 is 0. The largest absolute Gasteiger partial charge is 0.373 e. The summed E-state index contributed by atoms with van der Waals surface area (Å²) in [5.41, 5.74) is 1.36. The summed E-state index contributed by atoms with van der Waals surface area (Å²) in [6.45, 7) is 7.10. The maximum Gasteiger partial charge on any atom is 0.188 e. The number of ether oxygens (including phenoxy) is 1. The molecule has 0 saturated carbocycles. The van der Waals surface area contributed by atoms with E-state index in [4.69, 9.17) is 10.00 Å². The summed E-state index contributed by atoms with van der Waals surface area (Å²) in [6.07, 6.45) is 0.924. The van der Waals surface area contributed by atoms with Gasteiger partial charge in [0.25, 0.3) is 0 Å². The van der Waals surface area contributed by atoms with Crippen LogP contribution >= 0.6 is 0 Å². The Morgan fingerprint density at radius 3 is 2.39 bits per heavy atom. The first-order chi connectivity index (χ1) is 8.42. The molecule has 0 saturated heterocycles. The fourth-order valence-corrected chi connectivity index (χ4v) is 1.36. The molecule has 0 amide bonds. The molecule has 0 N–H and O–H groups in total. The molecule has 3 heteroatoms. The number of Topliss-reactive ketones (excluding diaryl/α,β-unsaturated/α-hetero) is 1. The minimum absolute atomic E-state index is 0.0478. The monoisotopic (exact) mass is 245 g/mol. The molecule has 18 heavy (non-hydrogen) atoms. The number of rotatable bonds is 5. The summed E-state index contributed by atoms with van der Waals surface area (Å²) in [5.74, 6) is -0.0478. The van der Waals surface area contributed by atoms with Crippen molar-refractivity contribution in [1.29, 1.82) is 5.26 Å². The van der Waals surface area contributed by atoms with Crippen molar-refractivity contribution in [2.45, 2.75) is 27.2 Å². The van der Waals surface area contributed by atoms with Gasteiger partial charge in [0.2, 0.25) is 0 Å². The minimum atomic E-state index is -0.0478. The number of nitriles is 1. The van der Waals surface area contributed by atoms with Gasteiger partial charge in [-0.3, -0.25) is 4.79 Å². The van der Waals surface area contributed by atoms with Crippen molar-refractivity contribution >= 4 is 5.78 Å². The fraction of sp³-hybridized carbons (Fsp3) is 0.467. The van der Waals surface area contributed by atoms with E-state index in [1.165, 1.54) is 0 Å². The lowest BCUT2D eigenvalue weighted by atomic mass is 9.93. The van der Waals surface area contributed by atoms with Crippen molar-refractivity contribution in [3.05, 3.63) is 35.4 Å². The van der Waals surface area contributed by atoms with E-state index in [-0.39, 0.29) is 17.8 Å². The van der Waals surface area contributed by atoms with Crippen LogP contribution in [0.25, 0.3) is 0 Å². The number of carbonyl (C=O) groups excluding carboxylic acids is 1. The van der Waals surface area contributed by atoms with Gasteiger partial charge in [-0.1, -0.05) is 32.9 Å². The molecule has 0 aliphatic rings. The highest BCUT2D eigenvalue weighted by molar-refractivity contribution is 5.97. The Bertz CT molecular complexity index is 435. The molecule has 3 nitrogen and oxygen atoms in total. The van der Waals surface area contributed by atoms with E-state index in [0.29, 0.717) is 17.7 Å².